The molecule has 0 radical (unpaired) electrons. The standard InChI is InChI=1S/C59H39NO/c1-3-16-40(17-4-1)41-30-35-45(36-31-41)60(55-28-13-10-21-47(55)42-18-5-2-6-19-42)46-37-32-44(33-38-46)49-24-15-27-54-58(49)61-56-29-14-12-26-52(56)59(54)51-25-11-9-23-50(51)57-48-22-8-7-20-43(48)34-39-53(57)59/h1-39H. The molecule has 1 aliphatic carbocycles. The largest absolute Gasteiger partial charge is 0.456 e. The van der Waals surface area contributed by atoms with Gasteiger partial charge in [-0.1, -0.05) is 200 Å². The van der Waals surface area contributed by atoms with Crippen LogP contribution in [0.25, 0.3) is 55.3 Å². The molecule has 10 aromatic carbocycles. The second-order valence-electron chi connectivity index (χ2n) is 16.0. The number of hydrogen-bond acceptors (Lipinski definition) is 2. The number of para-hydroxylation sites is 3. The van der Waals surface area contributed by atoms with E-state index in [-0.39, 0.29) is 0 Å². The van der Waals surface area contributed by atoms with Gasteiger partial charge in [-0.3, -0.25) is 0 Å². The lowest BCUT2D eigenvalue weighted by Crippen LogP contribution is -2.32. The average molecular weight is 778 g/mol. The molecule has 0 amide bonds. The SMILES string of the molecule is c1ccc(-c2ccc(N(c3ccc(-c4cccc5c4Oc4ccccc4C54c5ccccc5-c5c4ccc4ccccc54)cc3)c3ccccc3-c3ccccc3)cc2)cc1. The fourth-order valence-electron chi connectivity index (χ4n) is 10.1. The van der Waals surface area contributed by atoms with Crippen LogP contribution in [-0.4, -0.2) is 0 Å². The van der Waals surface area contributed by atoms with E-state index in [1.807, 2.05) is 0 Å². The highest BCUT2D eigenvalue weighted by molar-refractivity contribution is 6.05. The van der Waals surface area contributed by atoms with Gasteiger partial charge in [0.15, 0.2) is 0 Å². The second-order valence-corrected chi connectivity index (χ2v) is 16.0. The van der Waals surface area contributed by atoms with Crippen LogP contribution in [0.5, 0.6) is 11.5 Å². The Morgan fingerprint density at radius 1 is 0.328 bits per heavy atom. The van der Waals surface area contributed by atoms with E-state index in [2.05, 4.69) is 241 Å². The Morgan fingerprint density at radius 3 is 1.64 bits per heavy atom. The van der Waals surface area contributed by atoms with E-state index in [0.717, 1.165) is 45.3 Å². The summed E-state index contributed by atoms with van der Waals surface area (Å²) in [4.78, 5) is 2.37. The molecule has 1 atom stereocenters. The van der Waals surface area contributed by atoms with Gasteiger partial charge in [0, 0.05) is 33.6 Å². The van der Waals surface area contributed by atoms with Crippen molar-refractivity contribution in [2.75, 3.05) is 4.90 Å². The zero-order valence-electron chi connectivity index (χ0n) is 33.4. The van der Waals surface area contributed by atoms with Gasteiger partial charge < -0.3 is 9.64 Å². The van der Waals surface area contributed by atoms with Gasteiger partial charge in [0.05, 0.1) is 11.1 Å². The van der Waals surface area contributed by atoms with E-state index >= 15 is 0 Å². The smallest absolute Gasteiger partial charge is 0.140 e. The molecule has 61 heavy (non-hydrogen) atoms. The number of benzene rings is 10. The first-order valence-corrected chi connectivity index (χ1v) is 21.0. The van der Waals surface area contributed by atoms with Gasteiger partial charge in [-0.05, 0) is 91.7 Å². The Morgan fingerprint density at radius 2 is 0.869 bits per heavy atom. The molecule has 286 valence electrons. The molecule has 0 saturated heterocycles. The number of fused-ring (bicyclic) bond motifs is 11. The first-order valence-electron chi connectivity index (χ1n) is 21.0. The van der Waals surface area contributed by atoms with Crippen LogP contribution >= 0.6 is 0 Å². The third-order valence-electron chi connectivity index (χ3n) is 12.8. The van der Waals surface area contributed by atoms with Crippen LogP contribution in [0.1, 0.15) is 22.3 Å². The highest BCUT2D eigenvalue weighted by Gasteiger charge is 2.51. The van der Waals surface area contributed by atoms with Gasteiger partial charge in [-0.25, -0.2) is 0 Å². The predicted molar refractivity (Wildman–Crippen MR) is 252 cm³/mol. The average Bonchev–Trinajstić information content (AvgIpc) is 3.64. The fourth-order valence-corrected chi connectivity index (χ4v) is 10.1. The third-order valence-corrected chi connectivity index (χ3v) is 12.8. The molecule has 0 aromatic heterocycles. The summed E-state index contributed by atoms with van der Waals surface area (Å²) in [6.07, 6.45) is 0. The van der Waals surface area contributed by atoms with Gasteiger partial charge in [0.25, 0.3) is 0 Å². The van der Waals surface area contributed by atoms with Crippen molar-refractivity contribution in [3.8, 4) is 56.0 Å². The lowest BCUT2D eigenvalue weighted by atomic mass is 9.65. The van der Waals surface area contributed by atoms with Crippen molar-refractivity contribution in [1.29, 1.82) is 0 Å². The molecule has 1 heterocycles. The molecule has 1 spiro atoms. The summed E-state index contributed by atoms with van der Waals surface area (Å²) < 4.78 is 7.09. The van der Waals surface area contributed by atoms with Gasteiger partial charge in [0.1, 0.15) is 11.5 Å². The van der Waals surface area contributed by atoms with Crippen molar-refractivity contribution in [1.82, 2.24) is 0 Å². The minimum atomic E-state index is -0.556. The quantitative estimate of drug-likeness (QED) is 0.167. The molecule has 1 unspecified atom stereocenters. The van der Waals surface area contributed by atoms with Crippen LogP contribution in [0.15, 0.2) is 237 Å². The summed E-state index contributed by atoms with van der Waals surface area (Å²) in [5.74, 6) is 1.78. The molecule has 2 nitrogen and oxygen atoms in total. The van der Waals surface area contributed by atoms with Crippen molar-refractivity contribution in [3.05, 3.63) is 259 Å². The molecule has 10 aromatic rings. The molecule has 1 aliphatic heterocycles. The minimum absolute atomic E-state index is 0.556. The lowest BCUT2D eigenvalue weighted by Gasteiger charge is -2.40. The molecular weight excluding hydrogens is 739 g/mol. The maximum Gasteiger partial charge on any atom is 0.140 e. The first kappa shape index (κ1) is 35.0. The van der Waals surface area contributed by atoms with E-state index in [1.54, 1.807) is 0 Å². The molecular formula is C59H39NO. The van der Waals surface area contributed by atoms with E-state index < -0.39 is 5.41 Å². The maximum atomic E-state index is 7.09. The van der Waals surface area contributed by atoms with Crippen molar-refractivity contribution < 1.29 is 4.74 Å². The Hall–Kier alpha value is -7.94. The van der Waals surface area contributed by atoms with Crippen LogP contribution < -0.4 is 9.64 Å². The van der Waals surface area contributed by atoms with Gasteiger partial charge in [-0.2, -0.15) is 0 Å². The number of hydrogen-bond donors (Lipinski definition) is 0. The zero-order chi connectivity index (χ0) is 40.3. The number of ether oxygens (including phenoxy) is 1. The molecule has 2 heteroatoms. The summed E-state index contributed by atoms with van der Waals surface area (Å²) >= 11 is 0. The first-order chi connectivity index (χ1) is 30.3. The van der Waals surface area contributed by atoms with Crippen LogP contribution in [0, 0.1) is 0 Å². The molecule has 0 fully saturated rings. The number of nitrogens with zero attached hydrogens (tertiary/aromatic N) is 1. The molecule has 2 aliphatic rings. The molecule has 0 N–H and O–H groups in total. The third kappa shape index (κ3) is 5.43. The fraction of sp³-hybridized carbons (Fsp3) is 0.0169. The normalized spacial score (nSPS) is 14.4. The van der Waals surface area contributed by atoms with Gasteiger partial charge in [0.2, 0.25) is 0 Å². The lowest BCUT2D eigenvalue weighted by molar-refractivity contribution is 0.438. The minimum Gasteiger partial charge on any atom is -0.456 e. The van der Waals surface area contributed by atoms with Crippen molar-refractivity contribution in [2.45, 2.75) is 5.41 Å². The highest BCUT2D eigenvalue weighted by atomic mass is 16.5. The van der Waals surface area contributed by atoms with Gasteiger partial charge >= 0.3 is 0 Å². The Kier molecular flexibility index (Phi) is 8.11. The Balaban J connectivity index is 1.02. The molecule has 0 bridgehead atoms. The van der Waals surface area contributed by atoms with E-state index in [1.165, 1.54) is 60.8 Å². The summed E-state index contributed by atoms with van der Waals surface area (Å²) in [7, 11) is 0. The summed E-state index contributed by atoms with van der Waals surface area (Å²) in [6.45, 7) is 0. The summed E-state index contributed by atoms with van der Waals surface area (Å²) in [5, 5.41) is 2.52. The topological polar surface area (TPSA) is 12.5 Å². The summed E-state index contributed by atoms with van der Waals surface area (Å²) in [6, 6.07) is 85.6. The van der Waals surface area contributed by atoms with Crippen molar-refractivity contribution >= 4 is 27.8 Å². The molecule has 0 saturated carbocycles. The van der Waals surface area contributed by atoms with Gasteiger partial charge in [-0.15, -0.1) is 0 Å². The van der Waals surface area contributed by atoms with Crippen molar-refractivity contribution in [3.63, 3.8) is 0 Å². The van der Waals surface area contributed by atoms with E-state index in [4.69, 9.17) is 4.74 Å². The van der Waals surface area contributed by atoms with E-state index in [0.29, 0.717) is 0 Å². The summed E-state index contributed by atoms with van der Waals surface area (Å²) in [5.41, 5.74) is 17.1. The van der Waals surface area contributed by atoms with E-state index in [9.17, 15) is 0 Å². The van der Waals surface area contributed by atoms with Crippen LogP contribution in [0.3, 0.4) is 0 Å². The highest BCUT2D eigenvalue weighted by Crippen LogP contribution is 2.64. The second kappa shape index (κ2) is 14.1. The Labute approximate surface area is 356 Å². The predicted octanol–water partition coefficient (Wildman–Crippen LogP) is 15.8. The number of anilines is 3. The van der Waals surface area contributed by atoms with Crippen LogP contribution in [0.4, 0.5) is 17.1 Å². The Bertz CT molecular complexity index is 3260. The molecule has 12 rings (SSSR count). The van der Waals surface area contributed by atoms with Crippen LogP contribution in [0.2, 0.25) is 0 Å². The maximum absolute atomic E-state index is 7.09. The van der Waals surface area contributed by atoms with Crippen molar-refractivity contribution in [2.24, 2.45) is 0 Å². The zero-order valence-corrected chi connectivity index (χ0v) is 33.4. The number of rotatable bonds is 6. The van der Waals surface area contributed by atoms with Crippen LogP contribution in [-0.2, 0) is 5.41 Å². The monoisotopic (exact) mass is 777 g/mol.